The van der Waals surface area contributed by atoms with E-state index < -0.39 is 0 Å². The number of morpholine rings is 1. The van der Waals surface area contributed by atoms with Crippen LogP contribution in [0.1, 0.15) is 25.7 Å². The first kappa shape index (κ1) is 15.7. The van der Waals surface area contributed by atoms with E-state index >= 15 is 0 Å². The van der Waals surface area contributed by atoms with E-state index in [1.807, 2.05) is 35.2 Å². The monoisotopic (exact) mass is 315 g/mol. The minimum Gasteiger partial charge on any atom is -0.375 e. The van der Waals surface area contributed by atoms with Crippen LogP contribution in [0.3, 0.4) is 0 Å². The lowest BCUT2D eigenvalue weighted by Gasteiger charge is -2.32. The Bertz CT molecular complexity index is 642. The number of aromatic nitrogens is 2. The van der Waals surface area contributed by atoms with Crippen LogP contribution in [0, 0.1) is 0 Å². The molecule has 1 aromatic carbocycles. The third kappa shape index (κ3) is 3.96. The Labute approximate surface area is 135 Å². The molecule has 0 N–H and O–H groups in total. The Hall–Kier alpha value is -2.21. The van der Waals surface area contributed by atoms with Gasteiger partial charge in [-0.25, -0.2) is 0 Å². The molecule has 1 aliphatic rings. The Kier molecular flexibility index (Phi) is 5.02. The van der Waals surface area contributed by atoms with Gasteiger partial charge in [-0.15, -0.1) is 0 Å². The minimum absolute atomic E-state index is 0.117. The second-order valence-corrected chi connectivity index (χ2v) is 5.62. The molecule has 1 unspecified atom stereocenters. The van der Waals surface area contributed by atoms with Crippen molar-refractivity contribution >= 4 is 5.91 Å². The summed E-state index contributed by atoms with van der Waals surface area (Å²) in [6.07, 6.45) is 1.92. The van der Waals surface area contributed by atoms with Crippen LogP contribution in [0.5, 0.6) is 0 Å². The van der Waals surface area contributed by atoms with Crippen molar-refractivity contribution in [2.75, 3.05) is 19.7 Å². The number of amides is 1. The lowest BCUT2D eigenvalue weighted by atomic mass is 10.2. The Morgan fingerprint density at radius 1 is 1.35 bits per heavy atom. The van der Waals surface area contributed by atoms with E-state index in [4.69, 9.17) is 9.26 Å². The fraction of sp³-hybridized carbons (Fsp3) is 0.471. The number of aryl methyl sites for hydroxylation is 1. The average molecular weight is 315 g/mol. The Morgan fingerprint density at radius 3 is 2.96 bits per heavy atom. The second-order valence-electron chi connectivity index (χ2n) is 5.62. The summed E-state index contributed by atoms with van der Waals surface area (Å²) in [6, 6.07) is 9.65. The molecule has 6 nitrogen and oxygen atoms in total. The standard InChI is InChI=1S/C17H21N3O3/c1-2-14-12-20(10-11-22-14)16(21)9-8-15-18-17(19-23-15)13-6-4-3-5-7-13/h3-7,14H,2,8-12H2,1H3. The second kappa shape index (κ2) is 7.37. The number of benzene rings is 1. The summed E-state index contributed by atoms with van der Waals surface area (Å²) in [5, 5.41) is 3.97. The van der Waals surface area contributed by atoms with Crippen LogP contribution in [0.15, 0.2) is 34.9 Å². The van der Waals surface area contributed by atoms with E-state index in [0.717, 1.165) is 12.0 Å². The van der Waals surface area contributed by atoms with Crippen LogP contribution in [-0.2, 0) is 16.0 Å². The van der Waals surface area contributed by atoms with E-state index in [2.05, 4.69) is 17.1 Å². The lowest BCUT2D eigenvalue weighted by Crippen LogP contribution is -2.45. The van der Waals surface area contributed by atoms with E-state index in [0.29, 0.717) is 44.3 Å². The highest BCUT2D eigenvalue weighted by Gasteiger charge is 2.23. The predicted octanol–water partition coefficient (Wildman–Crippen LogP) is 2.31. The van der Waals surface area contributed by atoms with Crippen molar-refractivity contribution < 1.29 is 14.1 Å². The SMILES string of the molecule is CCC1CN(C(=O)CCc2nc(-c3ccccc3)no2)CCO1. The van der Waals surface area contributed by atoms with Gasteiger partial charge in [-0.3, -0.25) is 4.79 Å². The molecule has 23 heavy (non-hydrogen) atoms. The van der Waals surface area contributed by atoms with Gasteiger partial charge >= 0.3 is 0 Å². The summed E-state index contributed by atoms with van der Waals surface area (Å²) in [6.45, 7) is 4.02. The molecule has 0 spiro atoms. The Morgan fingerprint density at radius 2 is 2.17 bits per heavy atom. The number of hydrogen-bond acceptors (Lipinski definition) is 5. The maximum absolute atomic E-state index is 12.3. The molecular formula is C17H21N3O3. The summed E-state index contributed by atoms with van der Waals surface area (Å²) in [7, 11) is 0. The Balaban J connectivity index is 1.54. The summed E-state index contributed by atoms with van der Waals surface area (Å²) >= 11 is 0. The fourth-order valence-corrected chi connectivity index (χ4v) is 2.63. The van der Waals surface area contributed by atoms with Crippen molar-refractivity contribution in [1.29, 1.82) is 0 Å². The average Bonchev–Trinajstić information content (AvgIpc) is 3.09. The fourth-order valence-electron chi connectivity index (χ4n) is 2.63. The van der Waals surface area contributed by atoms with Crippen molar-refractivity contribution in [3.63, 3.8) is 0 Å². The largest absolute Gasteiger partial charge is 0.375 e. The van der Waals surface area contributed by atoms with Crippen molar-refractivity contribution in [3.8, 4) is 11.4 Å². The van der Waals surface area contributed by atoms with Crippen LogP contribution in [-0.4, -0.2) is 46.7 Å². The smallest absolute Gasteiger partial charge is 0.227 e. The molecule has 3 rings (SSSR count). The van der Waals surface area contributed by atoms with Gasteiger partial charge in [0.15, 0.2) is 0 Å². The lowest BCUT2D eigenvalue weighted by molar-refractivity contribution is -0.138. The number of hydrogen-bond donors (Lipinski definition) is 0. The number of carbonyl (C=O) groups excluding carboxylic acids is 1. The summed E-state index contributed by atoms with van der Waals surface area (Å²) in [4.78, 5) is 18.5. The third-order valence-electron chi connectivity index (χ3n) is 4.00. The van der Waals surface area contributed by atoms with E-state index in [1.165, 1.54) is 0 Å². The van der Waals surface area contributed by atoms with Gasteiger partial charge in [0, 0.05) is 31.5 Å². The van der Waals surface area contributed by atoms with Gasteiger partial charge in [0.1, 0.15) is 0 Å². The number of rotatable bonds is 5. The van der Waals surface area contributed by atoms with Gasteiger partial charge in [0.2, 0.25) is 17.6 Å². The van der Waals surface area contributed by atoms with Crippen LogP contribution >= 0.6 is 0 Å². The molecule has 1 amide bonds. The highest BCUT2D eigenvalue weighted by Crippen LogP contribution is 2.16. The van der Waals surface area contributed by atoms with Crippen molar-refractivity contribution in [2.24, 2.45) is 0 Å². The zero-order chi connectivity index (χ0) is 16.1. The van der Waals surface area contributed by atoms with Crippen molar-refractivity contribution in [1.82, 2.24) is 15.0 Å². The molecule has 1 fully saturated rings. The van der Waals surface area contributed by atoms with Crippen LogP contribution < -0.4 is 0 Å². The first-order valence-corrected chi connectivity index (χ1v) is 8.03. The molecule has 122 valence electrons. The van der Waals surface area contributed by atoms with Gasteiger partial charge in [0.25, 0.3) is 0 Å². The molecule has 1 atom stereocenters. The number of carbonyl (C=O) groups is 1. The molecule has 1 saturated heterocycles. The quantitative estimate of drug-likeness (QED) is 0.847. The molecule has 0 bridgehead atoms. The van der Waals surface area contributed by atoms with Gasteiger partial charge in [0.05, 0.1) is 12.7 Å². The van der Waals surface area contributed by atoms with Crippen LogP contribution in [0.4, 0.5) is 0 Å². The van der Waals surface area contributed by atoms with E-state index in [1.54, 1.807) is 0 Å². The van der Waals surface area contributed by atoms with E-state index in [9.17, 15) is 4.79 Å². The molecule has 1 aromatic heterocycles. The first-order chi connectivity index (χ1) is 11.3. The zero-order valence-electron chi connectivity index (χ0n) is 13.3. The number of nitrogens with zero attached hydrogens (tertiary/aromatic N) is 3. The molecule has 0 aliphatic carbocycles. The molecular weight excluding hydrogens is 294 g/mol. The summed E-state index contributed by atoms with van der Waals surface area (Å²) in [5.74, 6) is 1.18. The molecule has 1 aliphatic heterocycles. The van der Waals surface area contributed by atoms with Gasteiger partial charge < -0.3 is 14.2 Å². The molecule has 6 heteroatoms. The van der Waals surface area contributed by atoms with Crippen molar-refractivity contribution in [3.05, 3.63) is 36.2 Å². The topological polar surface area (TPSA) is 68.5 Å². The third-order valence-corrected chi connectivity index (χ3v) is 4.00. The number of ether oxygens (including phenoxy) is 1. The summed E-state index contributed by atoms with van der Waals surface area (Å²) in [5.41, 5.74) is 0.910. The molecule has 0 saturated carbocycles. The molecule has 2 heterocycles. The zero-order valence-corrected chi connectivity index (χ0v) is 13.3. The van der Waals surface area contributed by atoms with Gasteiger partial charge in [-0.05, 0) is 6.42 Å². The maximum atomic E-state index is 12.3. The normalized spacial score (nSPS) is 18.1. The first-order valence-electron chi connectivity index (χ1n) is 8.03. The molecule has 2 aromatic rings. The summed E-state index contributed by atoms with van der Waals surface area (Å²) < 4.78 is 10.8. The van der Waals surface area contributed by atoms with Crippen LogP contribution in [0.25, 0.3) is 11.4 Å². The van der Waals surface area contributed by atoms with Gasteiger partial charge in [-0.2, -0.15) is 4.98 Å². The minimum atomic E-state index is 0.117. The highest BCUT2D eigenvalue weighted by atomic mass is 16.5. The maximum Gasteiger partial charge on any atom is 0.227 e. The van der Waals surface area contributed by atoms with Crippen molar-refractivity contribution in [2.45, 2.75) is 32.3 Å². The molecule has 0 radical (unpaired) electrons. The van der Waals surface area contributed by atoms with E-state index in [-0.39, 0.29) is 12.0 Å². The van der Waals surface area contributed by atoms with Gasteiger partial charge in [-0.1, -0.05) is 42.4 Å². The predicted molar refractivity (Wildman–Crippen MR) is 84.7 cm³/mol. The highest BCUT2D eigenvalue weighted by molar-refractivity contribution is 5.76. The van der Waals surface area contributed by atoms with Crippen LogP contribution in [0.2, 0.25) is 0 Å².